The normalized spacial score (nSPS) is 23.3. The molecule has 0 unspecified atom stereocenters. The number of aromatic nitrogens is 3. The number of benzene rings is 1. The quantitative estimate of drug-likeness (QED) is 0.654. The summed E-state index contributed by atoms with van der Waals surface area (Å²) < 4.78 is 3.82. The van der Waals surface area contributed by atoms with E-state index in [4.69, 9.17) is 4.98 Å². The third-order valence-corrected chi connectivity index (χ3v) is 6.93. The van der Waals surface area contributed by atoms with E-state index >= 15 is 0 Å². The molecular weight excluding hydrogens is 408 g/mol. The number of amides is 1. The number of fused-ring (bicyclic) bond motifs is 3. The lowest BCUT2D eigenvalue weighted by atomic mass is 9.92. The third-order valence-electron chi connectivity index (χ3n) is 6.93. The highest BCUT2D eigenvalue weighted by molar-refractivity contribution is 5.94. The van der Waals surface area contributed by atoms with Crippen LogP contribution in [0.2, 0.25) is 0 Å². The standard InChI is InChI=1S/C24H28N4O4/c1-15-8-9-18-19(27(15)24(31)32)10-11-20-23(18)25-21(14-26-12-3-2-7-22(26)30)28(20)16-5-4-6-17(29)13-16/h2-3,7,10-12,15-17,29H,4-6,8-9,13-14H2,1H3,(H,31,32)/t15-,16-,17-/m0/s1. The summed E-state index contributed by atoms with van der Waals surface area (Å²) in [6.45, 7) is 2.26. The Morgan fingerprint density at radius 2 is 2.03 bits per heavy atom. The predicted octanol–water partition coefficient (Wildman–Crippen LogP) is 3.54. The van der Waals surface area contributed by atoms with E-state index in [-0.39, 0.29) is 23.7 Å². The summed E-state index contributed by atoms with van der Waals surface area (Å²) in [5.41, 5.74) is 3.30. The summed E-state index contributed by atoms with van der Waals surface area (Å²) in [6.07, 6.45) is 5.27. The SMILES string of the molecule is C[C@H]1CCc2c(ccc3c2nc(Cn2ccccc2=O)n3[C@H]2CCC[C@H](O)C2)N1C(=O)O. The first-order valence-corrected chi connectivity index (χ1v) is 11.3. The van der Waals surface area contributed by atoms with Crippen molar-refractivity contribution in [3.05, 3.63) is 58.3 Å². The first-order valence-electron chi connectivity index (χ1n) is 11.3. The average molecular weight is 437 g/mol. The molecule has 3 atom stereocenters. The number of imidazole rings is 1. The number of carbonyl (C=O) groups is 1. The van der Waals surface area contributed by atoms with Crippen LogP contribution in [0.3, 0.4) is 0 Å². The number of aliphatic hydroxyl groups is 1. The second-order valence-electron chi connectivity index (χ2n) is 9.01. The molecule has 5 rings (SSSR count). The van der Waals surface area contributed by atoms with Gasteiger partial charge in [-0.05, 0) is 63.6 Å². The van der Waals surface area contributed by atoms with E-state index in [0.29, 0.717) is 18.7 Å². The number of pyridine rings is 1. The van der Waals surface area contributed by atoms with Crippen molar-refractivity contribution in [1.29, 1.82) is 0 Å². The molecule has 1 aliphatic carbocycles. The van der Waals surface area contributed by atoms with Crippen LogP contribution in [-0.4, -0.2) is 42.6 Å². The minimum Gasteiger partial charge on any atom is -0.465 e. The molecule has 0 saturated heterocycles. The van der Waals surface area contributed by atoms with E-state index in [2.05, 4.69) is 4.57 Å². The van der Waals surface area contributed by atoms with E-state index in [9.17, 15) is 19.8 Å². The number of hydrogen-bond acceptors (Lipinski definition) is 4. The van der Waals surface area contributed by atoms with Crippen LogP contribution in [0.5, 0.6) is 0 Å². The zero-order chi connectivity index (χ0) is 22.4. The molecule has 1 amide bonds. The van der Waals surface area contributed by atoms with Crippen molar-refractivity contribution < 1.29 is 15.0 Å². The van der Waals surface area contributed by atoms with Crippen LogP contribution in [0.1, 0.15) is 56.5 Å². The van der Waals surface area contributed by atoms with E-state index in [1.807, 2.05) is 25.1 Å². The number of carboxylic acid groups (broad SMARTS) is 1. The molecule has 2 aromatic heterocycles. The fourth-order valence-electron chi connectivity index (χ4n) is 5.37. The molecule has 168 valence electrons. The van der Waals surface area contributed by atoms with Crippen LogP contribution in [0.4, 0.5) is 10.5 Å². The molecule has 8 heteroatoms. The Balaban J connectivity index is 1.69. The van der Waals surface area contributed by atoms with Crippen molar-refractivity contribution in [1.82, 2.24) is 14.1 Å². The number of aliphatic hydroxyl groups excluding tert-OH is 1. The molecule has 32 heavy (non-hydrogen) atoms. The molecule has 3 heterocycles. The maximum atomic E-state index is 12.4. The molecule has 1 aromatic carbocycles. The molecule has 1 saturated carbocycles. The van der Waals surface area contributed by atoms with Crippen LogP contribution in [0.25, 0.3) is 11.0 Å². The molecule has 2 N–H and O–H groups in total. The minimum atomic E-state index is -0.955. The lowest BCUT2D eigenvalue weighted by molar-refractivity contribution is 0.104. The number of nitrogens with zero attached hydrogens (tertiary/aromatic N) is 4. The van der Waals surface area contributed by atoms with Gasteiger partial charge in [0.15, 0.2) is 0 Å². The van der Waals surface area contributed by atoms with Crippen LogP contribution < -0.4 is 10.5 Å². The van der Waals surface area contributed by atoms with Gasteiger partial charge in [0.05, 0.1) is 29.4 Å². The van der Waals surface area contributed by atoms with Crippen molar-refractivity contribution in [2.24, 2.45) is 0 Å². The number of rotatable bonds is 3. The van der Waals surface area contributed by atoms with Gasteiger partial charge in [0, 0.05) is 29.9 Å². The molecular formula is C24H28N4O4. The summed E-state index contributed by atoms with van der Waals surface area (Å²) in [7, 11) is 0. The van der Waals surface area contributed by atoms with E-state index < -0.39 is 6.09 Å². The van der Waals surface area contributed by atoms with Crippen molar-refractivity contribution in [3.63, 3.8) is 0 Å². The molecule has 8 nitrogen and oxygen atoms in total. The predicted molar refractivity (Wildman–Crippen MR) is 121 cm³/mol. The monoisotopic (exact) mass is 436 g/mol. The lowest BCUT2D eigenvalue weighted by Crippen LogP contribution is -2.41. The Hall–Kier alpha value is -3.13. The Morgan fingerprint density at radius 3 is 2.78 bits per heavy atom. The van der Waals surface area contributed by atoms with Crippen LogP contribution in [0.15, 0.2) is 41.3 Å². The molecule has 0 bridgehead atoms. The maximum absolute atomic E-state index is 12.4. The number of anilines is 1. The molecule has 0 radical (unpaired) electrons. The van der Waals surface area contributed by atoms with E-state index in [1.54, 1.807) is 16.8 Å². The van der Waals surface area contributed by atoms with E-state index in [0.717, 1.165) is 54.5 Å². The molecule has 0 spiro atoms. The zero-order valence-electron chi connectivity index (χ0n) is 18.1. The highest BCUT2D eigenvalue weighted by atomic mass is 16.4. The topological polar surface area (TPSA) is 101 Å². The molecule has 2 aliphatic rings. The van der Waals surface area contributed by atoms with Crippen LogP contribution in [0, 0.1) is 0 Å². The number of hydrogen-bond donors (Lipinski definition) is 2. The summed E-state index contributed by atoms with van der Waals surface area (Å²) in [4.78, 5) is 30.7. The highest BCUT2D eigenvalue weighted by Crippen LogP contribution is 2.39. The van der Waals surface area contributed by atoms with Crippen molar-refractivity contribution in [3.8, 4) is 0 Å². The molecule has 3 aromatic rings. The van der Waals surface area contributed by atoms with Gasteiger partial charge in [-0.25, -0.2) is 9.78 Å². The van der Waals surface area contributed by atoms with E-state index in [1.165, 1.54) is 11.0 Å². The van der Waals surface area contributed by atoms with Gasteiger partial charge in [0.25, 0.3) is 5.56 Å². The van der Waals surface area contributed by atoms with Gasteiger partial charge in [-0.3, -0.25) is 9.69 Å². The van der Waals surface area contributed by atoms with Gasteiger partial charge in [-0.1, -0.05) is 6.07 Å². The van der Waals surface area contributed by atoms with Crippen molar-refractivity contribution in [2.45, 2.75) is 70.2 Å². The highest BCUT2D eigenvalue weighted by Gasteiger charge is 2.32. The Kier molecular flexibility index (Phi) is 5.25. The number of aryl methyl sites for hydroxylation is 1. The lowest BCUT2D eigenvalue weighted by Gasteiger charge is -2.33. The smallest absolute Gasteiger partial charge is 0.412 e. The Morgan fingerprint density at radius 1 is 1.19 bits per heavy atom. The zero-order valence-corrected chi connectivity index (χ0v) is 18.1. The van der Waals surface area contributed by atoms with Gasteiger partial charge in [-0.15, -0.1) is 0 Å². The van der Waals surface area contributed by atoms with Gasteiger partial charge >= 0.3 is 6.09 Å². The molecule has 1 fully saturated rings. The first-order chi connectivity index (χ1) is 15.4. The summed E-state index contributed by atoms with van der Waals surface area (Å²) in [5, 5.41) is 20.1. The second kappa shape index (κ2) is 8.09. The molecule has 1 aliphatic heterocycles. The van der Waals surface area contributed by atoms with Gasteiger partial charge in [0.2, 0.25) is 0 Å². The van der Waals surface area contributed by atoms with Crippen molar-refractivity contribution >= 4 is 22.8 Å². The first kappa shape index (κ1) is 20.8. The maximum Gasteiger partial charge on any atom is 0.412 e. The third kappa shape index (κ3) is 3.48. The fourth-order valence-corrected chi connectivity index (χ4v) is 5.37. The van der Waals surface area contributed by atoms with Crippen LogP contribution in [-0.2, 0) is 13.0 Å². The summed E-state index contributed by atoms with van der Waals surface area (Å²) in [6, 6.07) is 8.92. The summed E-state index contributed by atoms with van der Waals surface area (Å²) >= 11 is 0. The average Bonchev–Trinajstić information content (AvgIpc) is 3.13. The fraction of sp³-hybridized carbons (Fsp3) is 0.458. The Labute approximate surface area is 185 Å². The van der Waals surface area contributed by atoms with Gasteiger partial charge in [-0.2, -0.15) is 0 Å². The van der Waals surface area contributed by atoms with Gasteiger partial charge in [0.1, 0.15) is 5.82 Å². The van der Waals surface area contributed by atoms with Crippen molar-refractivity contribution in [2.75, 3.05) is 4.90 Å². The van der Waals surface area contributed by atoms with Crippen LogP contribution >= 0.6 is 0 Å². The van der Waals surface area contributed by atoms with Gasteiger partial charge < -0.3 is 19.3 Å². The second-order valence-corrected chi connectivity index (χ2v) is 9.01. The Bertz CT molecular complexity index is 1230. The minimum absolute atomic E-state index is 0.0876. The summed E-state index contributed by atoms with van der Waals surface area (Å²) in [5.74, 6) is 0.765. The largest absolute Gasteiger partial charge is 0.465 e.